The van der Waals surface area contributed by atoms with E-state index in [2.05, 4.69) is 37.8 Å². The van der Waals surface area contributed by atoms with Crippen molar-refractivity contribution in [2.75, 3.05) is 0 Å². The maximum Gasteiger partial charge on any atom is 0.0122 e. The molecule has 0 spiro atoms. The molecule has 0 saturated carbocycles. The number of rotatable bonds is 15. The van der Waals surface area contributed by atoms with Gasteiger partial charge in [0.2, 0.25) is 0 Å². The van der Waals surface area contributed by atoms with E-state index >= 15 is 0 Å². The summed E-state index contributed by atoms with van der Waals surface area (Å²) in [5.41, 5.74) is 1.41. The van der Waals surface area contributed by atoms with Crippen LogP contribution in [-0.2, 0) is 6.42 Å². The molecule has 131 valence electrons. The van der Waals surface area contributed by atoms with Gasteiger partial charge < -0.3 is 0 Å². The maximum absolute atomic E-state index is 4.35. The predicted molar refractivity (Wildman–Crippen MR) is 107 cm³/mol. The smallest absolute Gasteiger partial charge is 0.0122 e. The highest BCUT2D eigenvalue weighted by atomic mass is 32.1. The lowest BCUT2D eigenvalue weighted by molar-refractivity contribution is 0.535. The highest BCUT2D eigenvalue weighted by Crippen LogP contribution is 2.15. The van der Waals surface area contributed by atoms with Crippen LogP contribution in [-0.4, -0.2) is 0 Å². The quantitative estimate of drug-likeness (QED) is 0.246. The number of aryl methyl sites for hydroxylation is 1. The first kappa shape index (κ1) is 20.6. The lowest BCUT2D eigenvalue weighted by Gasteiger charge is -2.04. The molecule has 0 heterocycles. The molecule has 0 unspecified atom stereocenters. The lowest BCUT2D eigenvalue weighted by Crippen LogP contribution is -1.87. The SMILES string of the molecule is CCCCCCCCCCCCCCCCc1cc[c]c(S)c1. The molecule has 0 nitrogen and oxygen atoms in total. The molecule has 1 radical (unpaired) electrons. The number of benzene rings is 1. The Morgan fingerprint density at radius 2 is 1.22 bits per heavy atom. The van der Waals surface area contributed by atoms with Crippen LogP contribution in [0.4, 0.5) is 0 Å². The van der Waals surface area contributed by atoms with Crippen LogP contribution in [0.1, 0.15) is 102 Å². The Hall–Kier alpha value is -0.430. The molecular weight excluding hydrogens is 296 g/mol. The van der Waals surface area contributed by atoms with E-state index in [4.69, 9.17) is 0 Å². The summed E-state index contributed by atoms with van der Waals surface area (Å²) in [7, 11) is 0. The van der Waals surface area contributed by atoms with Crippen molar-refractivity contribution in [1.29, 1.82) is 0 Å². The van der Waals surface area contributed by atoms with Gasteiger partial charge in [0.1, 0.15) is 0 Å². The van der Waals surface area contributed by atoms with Crippen LogP contribution in [0.5, 0.6) is 0 Å². The Labute approximate surface area is 150 Å². The van der Waals surface area contributed by atoms with Gasteiger partial charge in [-0.25, -0.2) is 0 Å². The predicted octanol–water partition coefficient (Wildman–Crippen LogP) is 7.80. The van der Waals surface area contributed by atoms with Crippen LogP contribution in [0.15, 0.2) is 23.1 Å². The van der Waals surface area contributed by atoms with Crippen LogP contribution >= 0.6 is 12.6 Å². The highest BCUT2D eigenvalue weighted by Gasteiger charge is 1.96. The van der Waals surface area contributed by atoms with Crippen molar-refractivity contribution in [2.45, 2.75) is 108 Å². The van der Waals surface area contributed by atoms with Gasteiger partial charge in [0, 0.05) is 4.90 Å². The van der Waals surface area contributed by atoms with E-state index < -0.39 is 0 Å². The van der Waals surface area contributed by atoms with Gasteiger partial charge >= 0.3 is 0 Å². The van der Waals surface area contributed by atoms with Crippen LogP contribution in [0.3, 0.4) is 0 Å². The molecule has 0 N–H and O–H groups in total. The standard InChI is InChI=1S/C22H37S/c1-2-3-4-5-6-7-8-9-10-11-12-13-14-15-17-21-18-16-19-22(23)20-21/h16,18,20,23H,2-15,17H2,1H3. The van der Waals surface area contributed by atoms with E-state index in [9.17, 15) is 0 Å². The van der Waals surface area contributed by atoms with E-state index in [0.29, 0.717) is 0 Å². The average Bonchev–Trinajstić information content (AvgIpc) is 2.55. The topological polar surface area (TPSA) is 0 Å². The van der Waals surface area contributed by atoms with Gasteiger partial charge in [0.15, 0.2) is 0 Å². The van der Waals surface area contributed by atoms with Crippen molar-refractivity contribution in [3.8, 4) is 0 Å². The highest BCUT2D eigenvalue weighted by molar-refractivity contribution is 7.80. The molecule has 1 rings (SSSR count). The third kappa shape index (κ3) is 12.6. The third-order valence-electron chi connectivity index (χ3n) is 4.67. The fourth-order valence-corrected chi connectivity index (χ4v) is 3.42. The third-order valence-corrected chi connectivity index (χ3v) is 4.93. The summed E-state index contributed by atoms with van der Waals surface area (Å²) < 4.78 is 0. The van der Waals surface area contributed by atoms with Crippen LogP contribution < -0.4 is 0 Å². The molecule has 0 fully saturated rings. The summed E-state index contributed by atoms with van der Waals surface area (Å²) in [5, 5.41) is 0. The summed E-state index contributed by atoms with van der Waals surface area (Å²) in [6.07, 6.45) is 21.2. The van der Waals surface area contributed by atoms with Crippen molar-refractivity contribution in [3.63, 3.8) is 0 Å². The normalized spacial score (nSPS) is 11.0. The second-order valence-corrected chi connectivity index (χ2v) is 7.41. The first-order chi connectivity index (χ1) is 11.3. The van der Waals surface area contributed by atoms with Crippen molar-refractivity contribution in [3.05, 3.63) is 29.8 Å². The van der Waals surface area contributed by atoms with Crippen molar-refractivity contribution < 1.29 is 0 Å². The van der Waals surface area contributed by atoms with E-state index in [1.54, 1.807) is 0 Å². The Balaban J connectivity index is 1.78. The summed E-state index contributed by atoms with van der Waals surface area (Å²) in [5.74, 6) is 0. The number of thiol groups is 1. The Morgan fingerprint density at radius 3 is 1.70 bits per heavy atom. The first-order valence-electron chi connectivity index (χ1n) is 10.0. The minimum absolute atomic E-state index is 0.966. The van der Waals surface area contributed by atoms with Gasteiger partial charge in [-0.1, -0.05) is 103 Å². The second kappa shape index (κ2) is 15.1. The molecule has 0 aliphatic carbocycles. The zero-order chi connectivity index (χ0) is 16.6. The first-order valence-corrected chi connectivity index (χ1v) is 10.5. The van der Waals surface area contributed by atoms with E-state index in [1.165, 1.54) is 102 Å². The molecule has 0 amide bonds. The molecular formula is C22H37S. The molecule has 1 aromatic rings. The van der Waals surface area contributed by atoms with Crippen LogP contribution in [0.25, 0.3) is 0 Å². The fourth-order valence-electron chi connectivity index (χ4n) is 3.18. The number of hydrogen-bond acceptors (Lipinski definition) is 1. The molecule has 0 aliphatic heterocycles. The molecule has 0 saturated heterocycles. The van der Waals surface area contributed by atoms with E-state index in [-0.39, 0.29) is 0 Å². The average molecular weight is 334 g/mol. The van der Waals surface area contributed by atoms with Gasteiger partial charge in [-0.15, -0.1) is 12.6 Å². The van der Waals surface area contributed by atoms with Gasteiger partial charge in [-0.2, -0.15) is 0 Å². The van der Waals surface area contributed by atoms with Crippen molar-refractivity contribution in [2.24, 2.45) is 0 Å². The van der Waals surface area contributed by atoms with E-state index in [0.717, 1.165) is 4.90 Å². The number of unbranched alkanes of at least 4 members (excludes halogenated alkanes) is 13. The molecule has 0 aliphatic rings. The molecule has 23 heavy (non-hydrogen) atoms. The zero-order valence-corrected chi connectivity index (χ0v) is 16.2. The zero-order valence-electron chi connectivity index (χ0n) is 15.3. The van der Waals surface area contributed by atoms with Gasteiger partial charge in [0.05, 0.1) is 0 Å². The van der Waals surface area contributed by atoms with Gasteiger partial charge in [-0.05, 0) is 30.5 Å². The summed E-state index contributed by atoms with van der Waals surface area (Å²) in [4.78, 5) is 0.966. The fraction of sp³-hybridized carbons (Fsp3) is 0.727. The Morgan fingerprint density at radius 1 is 0.739 bits per heavy atom. The molecule has 0 aromatic heterocycles. The lowest BCUT2D eigenvalue weighted by atomic mass is 10.0. The molecule has 1 heteroatoms. The molecule has 1 aromatic carbocycles. The van der Waals surface area contributed by atoms with Crippen LogP contribution in [0.2, 0.25) is 0 Å². The second-order valence-electron chi connectivity index (χ2n) is 6.93. The largest absolute Gasteiger partial charge is 0.143 e. The minimum Gasteiger partial charge on any atom is -0.143 e. The van der Waals surface area contributed by atoms with Gasteiger partial charge in [0.25, 0.3) is 0 Å². The van der Waals surface area contributed by atoms with E-state index in [1.807, 2.05) is 6.07 Å². The number of hydrogen-bond donors (Lipinski definition) is 1. The Kier molecular flexibility index (Phi) is 13.6. The summed E-state index contributed by atoms with van der Waals surface area (Å²) in [6.45, 7) is 2.29. The van der Waals surface area contributed by atoms with Crippen LogP contribution in [0, 0.1) is 6.07 Å². The summed E-state index contributed by atoms with van der Waals surface area (Å²) in [6, 6.07) is 9.39. The van der Waals surface area contributed by atoms with Gasteiger partial charge in [-0.3, -0.25) is 0 Å². The van der Waals surface area contributed by atoms with Crippen molar-refractivity contribution in [1.82, 2.24) is 0 Å². The minimum atomic E-state index is 0.966. The molecule has 0 bridgehead atoms. The summed E-state index contributed by atoms with van der Waals surface area (Å²) >= 11 is 4.35. The Bertz CT molecular complexity index is 372. The molecule has 0 atom stereocenters. The monoisotopic (exact) mass is 333 g/mol. The maximum atomic E-state index is 4.35. The van der Waals surface area contributed by atoms with Crippen molar-refractivity contribution >= 4 is 12.6 Å².